The third kappa shape index (κ3) is 3.27. The Kier molecular flexibility index (Phi) is 3.93. The van der Waals surface area contributed by atoms with Crippen LogP contribution in [0.5, 0.6) is 5.75 Å². The molecular formula is C16H22ClNO2. The van der Waals surface area contributed by atoms with Gasteiger partial charge in [0.25, 0.3) is 0 Å². The Morgan fingerprint density at radius 3 is 3.05 bits per heavy atom. The van der Waals surface area contributed by atoms with Gasteiger partial charge in [-0.3, -0.25) is 0 Å². The summed E-state index contributed by atoms with van der Waals surface area (Å²) in [6.45, 7) is 6.04. The van der Waals surface area contributed by atoms with Crippen LogP contribution in [0.4, 0.5) is 0 Å². The topological polar surface area (TPSA) is 30.5 Å². The second-order valence-corrected chi connectivity index (χ2v) is 6.84. The quantitative estimate of drug-likeness (QED) is 0.929. The summed E-state index contributed by atoms with van der Waals surface area (Å²) in [6.07, 6.45) is 3.29. The number of hydrogen-bond donors (Lipinski definition) is 1. The smallest absolute Gasteiger partial charge is 0.123 e. The standard InChI is InChI=1S/C16H22ClNO2/c1-16(2)9-13(5-6-19-16)18-10-14-8-11-7-12(17)3-4-15(11)20-14/h3-4,7,13-14,18H,5-6,8-10H2,1-2H3. The number of benzene rings is 1. The molecule has 1 fully saturated rings. The van der Waals surface area contributed by atoms with Gasteiger partial charge in [-0.1, -0.05) is 11.6 Å². The minimum atomic E-state index is -0.0110. The van der Waals surface area contributed by atoms with E-state index in [0.717, 1.165) is 43.2 Å². The average Bonchev–Trinajstić information content (AvgIpc) is 2.77. The van der Waals surface area contributed by atoms with Crippen molar-refractivity contribution in [2.24, 2.45) is 0 Å². The van der Waals surface area contributed by atoms with E-state index in [2.05, 4.69) is 19.2 Å². The molecule has 1 saturated heterocycles. The maximum absolute atomic E-state index is 6.02. The monoisotopic (exact) mass is 295 g/mol. The molecule has 110 valence electrons. The van der Waals surface area contributed by atoms with Crippen molar-refractivity contribution < 1.29 is 9.47 Å². The van der Waals surface area contributed by atoms with E-state index in [4.69, 9.17) is 21.1 Å². The van der Waals surface area contributed by atoms with E-state index < -0.39 is 0 Å². The van der Waals surface area contributed by atoms with Gasteiger partial charge in [0.05, 0.1) is 5.60 Å². The number of ether oxygens (including phenoxy) is 2. The molecule has 2 unspecified atom stereocenters. The fourth-order valence-electron chi connectivity index (χ4n) is 3.11. The fraction of sp³-hybridized carbons (Fsp3) is 0.625. The van der Waals surface area contributed by atoms with Gasteiger partial charge >= 0.3 is 0 Å². The summed E-state index contributed by atoms with van der Waals surface area (Å²) in [5.41, 5.74) is 1.21. The zero-order valence-electron chi connectivity index (χ0n) is 12.1. The van der Waals surface area contributed by atoms with Crippen LogP contribution < -0.4 is 10.1 Å². The fourth-order valence-corrected chi connectivity index (χ4v) is 3.30. The van der Waals surface area contributed by atoms with E-state index in [1.807, 2.05) is 18.2 Å². The number of hydrogen-bond acceptors (Lipinski definition) is 3. The van der Waals surface area contributed by atoms with Crippen LogP contribution in [0.1, 0.15) is 32.3 Å². The molecule has 4 heteroatoms. The predicted molar refractivity (Wildman–Crippen MR) is 80.6 cm³/mol. The van der Waals surface area contributed by atoms with Gasteiger partial charge in [0, 0.05) is 30.6 Å². The molecule has 1 N–H and O–H groups in total. The Morgan fingerprint density at radius 2 is 2.25 bits per heavy atom. The van der Waals surface area contributed by atoms with Gasteiger partial charge in [0.1, 0.15) is 11.9 Å². The molecule has 0 aliphatic carbocycles. The van der Waals surface area contributed by atoms with Crippen molar-refractivity contribution in [2.45, 2.75) is 50.9 Å². The summed E-state index contributed by atoms with van der Waals surface area (Å²) < 4.78 is 11.7. The lowest BCUT2D eigenvalue weighted by molar-refractivity contribution is -0.0635. The highest BCUT2D eigenvalue weighted by Crippen LogP contribution is 2.31. The third-order valence-electron chi connectivity index (χ3n) is 4.10. The molecule has 2 atom stereocenters. The van der Waals surface area contributed by atoms with Crippen molar-refractivity contribution in [3.05, 3.63) is 28.8 Å². The van der Waals surface area contributed by atoms with E-state index in [9.17, 15) is 0 Å². The molecule has 20 heavy (non-hydrogen) atoms. The van der Waals surface area contributed by atoms with Crippen LogP contribution in [0, 0.1) is 0 Å². The second-order valence-electron chi connectivity index (χ2n) is 6.40. The first-order chi connectivity index (χ1) is 9.52. The van der Waals surface area contributed by atoms with E-state index in [0.29, 0.717) is 6.04 Å². The van der Waals surface area contributed by atoms with Crippen LogP contribution >= 0.6 is 11.6 Å². The summed E-state index contributed by atoms with van der Waals surface area (Å²) in [7, 11) is 0. The zero-order chi connectivity index (χ0) is 14.2. The molecule has 3 rings (SSSR count). The van der Waals surface area contributed by atoms with Gasteiger partial charge in [-0.25, -0.2) is 0 Å². The van der Waals surface area contributed by atoms with E-state index in [-0.39, 0.29) is 11.7 Å². The van der Waals surface area contributed by atoms with E-state index >= 15 is 0 Å². The molecule has 3 nitrogen and oxygen atoms in total. The minimum Gasteiger partial charge on any atom is -0.488 e. The summed E-state index contributed by atoms with van der Waals surface area (Å²) in [5.74, 6) is 0.980. The number of halogens is 1. The SMILES string of the molecule is CC1(C)CC(NCC2Cc3cc(Cl)ccc3O2)CCO1. The maximum atomic E-state index is 6.02. The lowest BCUT2D eigenvalue weighted by Crippen LogP contribution is -2.46. The Hall–Kier alpha value is -0.770. The van der Waals surface area contributed by atoms with Crippen molar-refractivity contribution in [1.29, 1.82) is 0 Å². The molecule has 0 bridgehead atoms. The predicted octanol–water partition coefficient (Wildman–Crippen LogP) is 3.19. The molecule has 0 radical (unpaired) electrons. The molecule has 0 aromatic heterocycles. The molecule has 2 aliphatic rings. The first-order valence-electron chi connectivity index (χ1n) is 7.34. The zero-order valence-corrected chi connectivity index (χ0v) is 12.9. The number of rotatable bonds is 3. The molecule has 2 heterocycles. The Balaban J connectivity index is 1.51. The Bertz CT molecular complexity index is 489. The Morgan fingerprint density at radius 1 is 1.40 bits per heavy atom. The lowest BCUT2D eigenvalue weighted by atomic mass is 9.94. The normalized spacial score (nSPS) is 27.9. The molecule has 2 aliphatic heterocycles. The van der Waals surface area contributed by atoms with Gasteiger partial charge in [0.15, 0.2) is 0 Å². The summed E-state index contributed by atoms with van der Waals surface area (Å²) in [5, 5.41) is 4.42. The van der Waals surface area contributed by atoms with Crippen molar-refractivity contribution >= 4 is 11.6 Å². The van der Waals surface area contributed by atoms with Crippen LogP contribution in [-0.4, -0.2) is 30.9 Å². The maximum Gasteiger partial charge on any atom is 0.123 e. The van der Waals surface area contributed by atoms with Crippen LogP contribution in [0.2, 0.25) is 5.02 Å². The summed E-state index contributed by atoms with van der Waals surface area (Å²) in [4.78, 5) is 0. The molecule has 1 aromatic carbocycles. The Labute approximate surface area is 125 Å². The highest BCUT2D eigenvalue weighted by atomic mass is 35.5. The molecule has 0 spiro atoms. The molecule has 0 amide bonds. The lowest BCUT2D eigenvalue weighted by Gasteiger charge is -2.36. The summed E-state index contributed by atoms with van der Waals surface area (Å²) >= 11 is 6.02. The average molecular weight is 296 g/mol. The van der Waals surface area contributed by atoms with Crippen molar-refractivity contribution in [2.75, 3.05) is 13.2 Å². The van der Waals surface area contributed by atoms with E-state index in [1.54, 1.807) is 0 Å². The summed E-state index contributed by atoms with van der Waals surface area (Å²) in [6, 6.07) is 6.38. The van der Waals surface area contributed by atoms with Gasteiger partial charge in [-0.2, -0.15) is 0 Å². The number of nitrogens with one attached hydrogen (secondary N) is 1. The van der Waals surface area contributed by atoms with Crippen molar-refractivity contribution in [1.82, 2.24) is 5.32 Å². The molecule has 0 saturated carbocycles. The number of fused-ring (bicyclic) bond motifs is 1. The van der Waals surface area contributed by atoms with Crippen molar-refractivity contribution in [3.8, 4) is 5.75 Å². The second kappa shape index (κ2) is 5.55. The minimum absolute atomic E-state index is 0.0110. The molecular weight excluding hydrogens is 274 g/mol. The first kappa shape index (κ1) is 14.2. The highest BCUT2D eigenvalue weighted by Gasteiger charge is 2.30. The molecule has 1 aromatic rings. The van der Waals surface area contributed by atoms with Gasteiger partial charge in [-0.15, -0.1) is 0 Å². The van der Waals surface area contributed by atoms with E-state index in [1.165, 1.54) is 5.56 Å². The van der Waals surface area contributed by atoms with Gasteiger partial charge < -0.3 is 14.8 Å². The van der Waals surface area contributed by atoms with Gasteiger partial charge in [-0.05, 0) is 50.5 Å². The van der Waals surface area contributed by atoms with Crippen LogP contribution in [0.3, 0.4) is 0 Å². The van der Waals surface area contributed by atoms with Crippen LogP contribution in [0.15, 0.2) is 18.2 Å². The van der Waals surface area contributed by atoms with Crippen LogP contribution in [-0.2, 0) is 11.2 Å². The largest absolute Gasteiger partial charge is 0.488 e. The van der Waals surface area contributed by atoms with Gasteiger partial charge in [0.2, 0.25) is 0 Å². The van der Waals surface area contributed by atoms with Crippen LogP contribution in [0.25, 0.3) is 0 Å². The van der Waals surface area contributed by atoms with Crippen molar-refractivity contribution in [3.63, 3.8) is 0 Å². The third-order valence-corrected chi connectivity index (χ3v) is 4.33. The first-order valence-corrected chi connectivity index (χ1v) is 7.72. The highest BCUT2D eigenvalue weighted by molar-refractivity contribution is 6.30.